The number of ether oxygens (including phenoxy) is 1. The summed E-state index contributed by atoms with van der Waals surface area (Å²) in [6, 6.07) is 19.0. The third-order valence-electron chi connectivity index (χ3n) is 6.75. The van der Waals surface area contributed by atoms with Crippen LogP contribution in [0.4, 0.5) is 0 Å². The minimum absolute atomic E-state index is 0.164. The average molecular weight is 442 g/mol. The molecule has 1 aliphatic carbocycles. The molecule has 1 saturated heterocycles. The number of Topliss-reactive ketones (excluding diaryl/α,β-unsaturated/α-hetero) is 2. The highest BCUT2D eigenvalue weighted by Gasteiger charge is 2.59. The fourth-order valence-corrected chi connectivity index (χ4v) is 5.06. The van der Waals surface area contributed by atoms with Gasteiger partial charge in [-0.05, 0) is 42.3 Å². The minimum Gasteiger partial charge on any atom is -0.497 e. The molecule has 0 atom stereocenters. The van der Waals surface area contributed by atoms with Crippen LogP contribution in [0.15, 0.2) is 66.9 Å². The second kappa shape index (κ2) is 8.54. The van der Waals surface area contributed by atoms with Gasteiger partial charge in [0, 0.05) is 50.0 Å². The van der Waals surface area contributed by atoms with Gasteiger partial charge in [0.1, 0.15) is 5.75 Å². The number of rotatable bonds is 5. The zero-order chi connectivity index (χ0) is 23.0. The number of hydrogen-bond donors (Lipinski definition) is 0. The maximum atomic E-state index is 13.9. The molecule has 6 heteroatoms. The van der Waals surface area contributed by atoms with E-state index in [4.69, 9.17) is 4.74 Å². The second-order valence-electron chi connectivity index (χ2n) is 8.75. The van der Waals surface area contributed by atoms with Crippen LogP contribution in [-0.2, 0) is 12.1 Å². The summed E-state index contributed by atoms with van der Waals surface area (Å²) >= 11 is 0. The molecule has 1 aliphatic heterocycles. The van der Waals surface area contributed by atoms with Crippen LogP contribution in [0.3, 0.4) is 0 Å². The third kappa shape index (κ3) is 3.56. The number of methoxy groups -OCH3 is 1. The lowest BCUT2D eigenvalue weighted by molar-refractivity contribution is 0.0266. The van der Waals surface area contributed by atoms with E-state index in [1.807, 2.05) is 54.3 Å². The van der Waals surface area contributed by atoms with E-state index < -0.39 is 5.54 Å². The topological polar surface area (TPSA) is 62.7 Å². The van der Waals surface area contributed by atoms with Gasteiger partial charge in [0.25, 0.3) is 0 Å². The predicted molar refractivity (Wildman–Crippen MR) is 126 cm³/mol. The Labute approximate surface area is 193 Å². The Hall–Kier alpha value is -3.35. The first-order valence-corrected chi connectivity index (χ1v) is 11.3. The number of fused-ring (bicyclic) bond motifs is 1. The van der Waals surface area contributed by atoms with Crippen LogP contribution in [0, 0.1) is 6.92 Å². The number of piperazine rings is 1. The fourth-order valence-electron chi connectivity index (χ4n) is 5.06. The van der Waals surface area contributed by atoms with E-state index in [2.05, 4.69) is 16.0 Å². The number of aromatic nitrogens is 1. The Balaban J connectivity index is 1.45. The highest BCUT2D eigenvalue weighted by molar-refractivity contribution is 6.32. The number of aryl methyl sites for hydroxylation is 1. The molecule has 5 rings (SSSR count). The van der Waals surface area contributed by atoms with Gasteiger partial charge in [0.15, 0.2) is 17.1 Å². The predicted octanol–water partition coefficient (Wildman–Crippen LogP) is 3.49. The summed E-state index contributed by atoms with van der Waals surface area (Å²) in [7, 11) is 1.67. The summed E-state index contributed by atoms with van der Waals surface area (Å²) in [6.07, 6.45) is 1.69. The van der Waals surface area contributed by atoms with Gasteiger partial charge < -0.3 is 4.74 Å². The summed E-state index contributed by atoms with van der Waals surface area (Å²) in [4.78, 5) is 36.6. The van der Waals surface area contributed by atoms with Crippen molar-refractivity contribution in [2.45, 2.75) is 19.0 Å². The van der Waals surface area contributed by atoms with Crippen LogP contribution < -0.4 is 4.74 Å². The molecule has 0 amide bonds. The first-order chi connectivity index (χ1) is 16.0. The van der Waals surface area contributed by atoms with Crippen molar-refractivity contribution in [3.63, 3.8) is 0 Å². The van der Waals surface area contributed by atoms with Gasteiger partial charge in [-0.25, -0.2) is 0 Å². The molecule has 0 unspecified atom stereocenters. The maximum Gasteiger partial charge on any atom is 0.198 e. The lowest BCUT2D eigenvalue weighted by Gasteiger charge is -2.43. The zero-order valence-electron chi connectivity index (χ0n) is 19.0. The van der Waals surface area contributed by atoms with Gasteiger partial charge in [-0.2, -0.15) is 0 Å². The molecule has 0 spiro atoms. The van der Waals surface area contributed by atoms with E-state index in [1.165, 1.54) is 5.56 Å². The van der Waals surface area contributed by atoms with Crippen LogP contribution in [0.1, 0.15) is 37.5 Å². The Morgan fingerprint density at radius 2 is 1.61 bits per heavy atom. The van der Waals surface area contributed by atoms with Crippen LogP contribution in [-0.4, -0.2) is 59.6 Å². The molecule has 1 fully saturated rings. The maximum absolute atomic E-state index is 13.9. The number of benzene rings is 2. The summed E-state index contributed by atoms with van der Waals surface area (Å²) in [5.41, 5.74) is 2.27. The quantitative estimate of drug-likeness (QED) is 0.565. The Kier molecular flexibility index (Phi) is 5.56. The van der Waals surface area contributed by atoms with Gasteiger partial charge in [0.2, 0.25) is 0 Å². The number of carbonyl (C=O) groups excluding carboxylic acids is 2. The SMILES string of the molecule is COc1cccc(CN2CCN(C3(c4cc(C)ccn4)C(=O)c4ccccc4C3=O)CC2)c1. The molecule has 0 bridgehead atoms. The van der Waals surface area contributed by atoms with Gasteiger partial charge in [0.05, 0.1) is 12.8 Å². The van der Waals surface area contributed by atoms with Crippen LogP contribution in [0.5, 0.6) is 5.75 Å². The second-order valence-corrected chi connectivity index (χ2v) is 8.75. The molecule has 1 aromatic heterocycles. The summed E-state index contributed by atoms with van der Waals surface area (Å²) < 4.78 is 5.35. The number of pyridine rings is 1. The summed E-state index contributed by atoms with van der Waals surface area (Å²) in [5.74, 6) is 0.514. The first-order valence-electron chi connectivity index (χ1n) is 11.3. The number of nitrogens with zero attached hydrogens (tertiary/aromatic N) is 3. The van der Waals surface area contributed by atoms with Crippen molar-refractivity contribution in [1.29, 1.82) is 0 Å². The number of carbonyl (C=O) groups is 2. The normalized spacial score (nSPS) is 18.4. The fraction of sp³-hybridized carbons (Fsp3) is 0.296. The molecule has 0 N–H and O–H groups in total. The largest absolute Gasteiger partial charge is 0.497 e. The molecular weight excluding hydrogens is 414 g/mol. The number of hydrogen-bond acceptors (Lipinski definition) is 6. The van der Waals surface area contributed by atoms with Gasteiger partial charge >= 0.3 is 0 Å². The molecule has 0 radical (unpaired) electrons. The van der Waals surface area contributed by atoms with Gasteiger partial charge in [-0.15, -0.1) is 0 Å². The molecule has 2 aliphatic rings. The average Bonchev–Trinajstić information content (AvgIpc) is 3.07. The Morgan fingerprint density at radius 3 is 2.24 bits per heavy atom. The monoisotopic (exact) mass is 441 g/mol. The first kappa shape index (κ1) is 21.5. The molecular formula is C27H27N3O3. The smallest absolute Gasteiger partial charge is 0.198 e. The van der Waals surface area contributed by atoms with Crippen molar-refractivity contribution in [2.75, 3.05) is 33.3 Å². The lowest BCUT2D eigenvalue weighted by atomic mass is 9.85. The Morgan fingerprint density at radius 1 is 0.909 bits per heavy atom. The van der Waals surface area contributed by atoms with E-state index >= 15 is 0 Å². The van der Waals surface area contributed by atoms with Crippen molar-refractivity contribution < 1.29 is 14.3 Å². The van der Waals surface area contributed by atoms with E-state index in [9.17, 15) is 9.59 Å². The Bertz CT molecular complexity index is 1180. The third-order valence-corrected chi connectivity index (χ3v) is 6.75. The highest BCUT2D eigenvalue weighted by atomic mass is 16.5. The van der Waals surface area contributed by atoms with Crippen LogP contribution in [0.2, 0.25) is 0 Å². The molecule has 3 aromatic rings. The van der Waals surface area contributed by atoms with E-state index in [1.54, 1.807) is 25.4 Å². The van der Waals surface area contributed by atoms with Gasteiger partial charge in [-0.1, -0.05) is 36.4 Å². The van der Waals surface area contributed by atoms with Crippen molar-refractivity contribution in [2.24, 2.45) is 0 Å². The number of ketones is 2. The molecule has 0 saturated carbocycles. The standard InChI is InChI=1S/C27H27N3O3/c1-19-10-11-28-24(16-19)27(25(31)22-8-3-4-9-23(22)26(27)32)30-14-12-29(13-15-30)18-20-6-5-7-21(17-20)33-2/h3-11,16-17H,12-15,18H2,1-2H3. The lowest BCUT2D eigenvalue weighted by Crippen LogP contribution is -2.60. The van der Waals surface area contributed by atoms with Crippen molar-refractivity contribution in [1.82, 2.24) is 14.8 Å². The molecule has 33 heavy (non-hydrogen) atoms. The van der Waals surface area contributed by atoms with E-state index in [0.717, 1.165) is 30.9 Å². The van der Waals surface area contributed by atoms with Crippen LogP contribution in [0.25, 0.3) is 0 Å². The van der Waals surface area contributed by atoms with Crippen LogP contribution >= 0.6 is 0 Å². The van der Waals surface area contributed by atoms with Crippen molar-refractivity contribution in [3.05, 3.63) is 94.8 Å². The van der Waals surface area contributed by atoms with Crippen molar-refractivity contribution in [3.8, 4) is 5.75 Å². The minimum atomic E-state index is -1.39. The zero-order valence-corrected chi connectivity index (χ0v) is 19.0. The molecule has 2 aromatic carbocycles. The summed E-state index contributed by atoms with van der Waals surface area (Å²) in [6.45, 7) is 5.46. The highest BCUT2D eigenvalue weighted by Crippen LogP contribution is 2.42. The van der Waals surface area contributed by atoms with E-state index in [0.29, 0.717) is 29.9 Å². The van der Waals surface area contributed by atoms with Crippen molar-refractivity contribution >= 4 is 11.6 Å². The molecule has 2 heterocycles. The molecule has 168 valence electrons. The van der Waals surface area contributed by atoms with E-state index in [-0.39, 0.29) is 11.6 Å². The van der Waals surface area contributed by atoms with Gasteiger partial charge in [-0.3, -0.25) is 24.4 Å². The molecule has 6 nitrogen and oxygen atoms in total. The summed E-state index contributed by atoms with van der Waals surface area (Å²) in [5, 5.41) is 0.